The van der Waals surface area contributed by atoms with Crippen molar-refractivity contribution in [2.45, 2.75) is 23.7 Å². The van der Waals surface area contributed by atoms with E-state index in [1.165, 1.54) is 27.8 Å². The van der Waals surface area contributed by atoms with E-state index in [0.29, 0.717) is 12.5 Å². The topological polar surface area (TPSA) is 26.0 Å². The minimum absolute atomic E-state index is 0. The van der Waals surface area contributed by atoms with E-state index in [2.05, 4.69) is 42.5 Å². The van der Waals surface area contributed by atoms with Gasteiger partial charge in [0.15, 0.2) is 0 Å². The lowest BCUT2D eigenvalue weighted by atomic mass is 9.95. The zero-order chi connectivity index (χ0) is 16.8. The standard InChI is InChI=1S/C21H22FNS.ClH/c22-20-10-7-17(8-11-20)19(15-23)6-3-13-24-21-12-9-16-4-1-2-5-18(16)14-21;/h1-2,4-5,7-12,14,19H,3,6,13,15,23H2;1H. The molecule has 0 heterocycles. The summed E-state index contributed by atoms with van der Waals surface area (Å²) in [6.45, 7) is 0.603. The highest BCUT2D eigenvalue weighted by atomic mass is 35.5. The van der Waals surface area contributed by atoms with E-state index in [1.54, 1.807) is 0 Å². The van der Waals surface area contributed by atoms with Crippen LogP contribution in [0.5, 0.6) is 0 Å². The van der Waals surface area contributed by atoms with Gasteiger partial charge >= 0.3 is 0 Å². The summed E-state index contributed by atoms with van der Waals surface area (Å²) >= 11 is 1.88. The van der Waals surface area contributed by atoms with Crippen LogP contribution in [0.4, 0.5) is 4.39 Å². The lowest BCUT2D eigenvalue weighted by Crippen LogP contribution is -2.12. The monoisotopic (exact) mass is 375 g/mol. The van der Waals surface area contributed by atoms with Crippen LogP contribution in [0, 0.1) is 5.82 Å². The normalized spacial score (nSPS) is 11.9. The Kier molecular flexibility index (Phi) is 7.76. The van der Waals surface area contributed by atoms with E-state index in [0.717, 1.165) is 24.2 Å². The Morgan fingerprint density at radius 2 is 1.64 bits per heavy atom. The first-order valence-corrected chi connectivity index (χ1v) is 9.32. The maximum atomic E-state index is 13.0. The average molecular weight is 376 g/mol. The minimum atomic E-state index is -0.193. The van der Waals surface area contributed by atoms with E-state index in [9.17, 15) is 4.39 Å². The summed E-state index contributed by atoms with van der Waals surface area (Å²) in [4.78, 5) is 1.31. The molecule has 0 bridgehead atoms. The number of rotatable bonds is 7. The molecule has 2 N–H and O–H groups in total. The van der Waals surface area contributed by atoms with Gasteiger partial charge in [0.25, 0.3) is 0 Å². The molecule has 0 aliphatic carbocycles. The van der Waals surface area contributed by atoms with Gasteiger partial charge in [-0.2, -0.15) is 0 Å². The van der Waals surface area contributed by atoms with Crippen LogP contribution in [0.25, 0.3) is 10.8 Å². The smallest absolute Gasteiger partial charge is 0.123 e. The van der Waals surface area contributed by atoms with Crippen molar-refractivity contribution in [3.8, 4) is 0 Å². The molecule has 1 atom stereocenters. The van der Waals surface area contributed by atoms with Crippen molar-refractivity contribution < 1.29 is 4.39 Å². The van der Waals surface area contributed by atoms with Gasteiger partial charge in [0, 0.05) is 4.90 Å². The molecule has 0 aliphatic heterocycles. The largest absolute Gasteiger partial charge is 0.330 e. The van der Waals surface area contributed by atoms with Crippen molar-refractivity contribution in [3.05, 3.63) is 78.1 Å². The number of fused-ring (bicyclic) bond motifs is 1. The van der Waals surface area contributed by atoms with E-state index in [-0.39, 0.29) is 18.2 Å². The van der Waals surface area contributed by atoms with E-state index in [4.69, 9.17) is 5.73 Å². The number of benzene rings is 3. The fraction of sp³-hybridized carbons (Fsp3) is 0.238. The summed E-state index contributed by atoms with van der Waals surface area (Å²) in [5.41, 5.74) is 7.03. The Morgan fingerprint density at radius 1 is 0.920 bits per heavy atom. The number of halogens is 2. The van der Waals surface area contributed by atoms with E-state index < -0.39 is 0 Å². The second kappa shape index (κ2) is 9.81. The molecule has 3 rings (SSSR count). The zero-order valence-electron chi connectivity index (χ0n) is 14.0. The Balaban J connectivity index is 0.00000225. The molecular weight excluding hydrogens is 353 g/mol. The highest BCUT2D eigenvalue weighted by molar-refractivity contribution is 7.99. The zero-order valence-corrected chi connectivity index (χ0v) is 15.7. The molecule has 1 nitrogen and oxygen atoms in total. The molecule has 4 heteroatoms. The summed E-state index contributed by atoms with van der Waals surface area (Å²) < 4.78 is 13.0. The fourth-order valence-corrected chi connectivity index (χ4v) is 3.85. The third-order valence-electron chi connectivity index (χ3n) is 4.31. The molecule has 0 aromatic heterocycles. The Morgan fingerprint density at radius 3 is 2.36 bits per heavy atom. The van der Waals surface area contributed by atoms with Gasteiger partial charge in [-0.1, -0.05) is 42.5 Å². The maximum absolute atomic E-state index is 13.0. The van der Waals surface area contributed by atoms with Crippen LogP contribution in [0.2, 0.25) is 0 Å². The second-order valence-corrected chi connectivity index (χ2v) is 7.15. The highest BCUT2D eigenvalue weighted by Crippen LogP contribution is 2.26. The van der Waals surface area contributed by atoms with Crippen LogP contribution < -0.4 is 5.73 Å². The van der Waals surface area contributed by atoms with Crippen molar-refractivity contribution in [3.63, 3.8) is 0 Å². The van der Waals surface area contributed by atoms with E-state index >= 15 is 0 Å². The van der Waals surface area contributed by atoms with Gasteiger partial charge < -0.3 is 5.73 Å². The van der Waals surface area contributed by atoms with Crippen LogP contribution >= 0.6 is 24.2 Å². The van der Waals surface area contributed by atoms with Crippen LogP contribution in [0.1, 0.15) is 24.3 Å². The Bertz CT molecular complexity index is 791. The summed E-state index contributed by atoms with van der Waals surface area (Å²) in [7, 11) is 0. The van der Waals surface area contributed by atoms with Crippen molar-refractivity contribution in [1.29, 1.82) is 0 Å². The van der Waals surface area contributed by atoms with Gasteiger partial charge in [0.1, 0.15) is 5.82 Å². The van der Waals surface area contributed by atoms with Crippen LogP contribution in [-0.2, 0) is 0 Å². The van der Waals surface area contributed by atoms with E-state index in [1.807, 2.05) is 23.9 Å². The molecule has 132 valence electrons. The summed E-state index contributed by atoms with van der Waals surface area (Å²) in [6, 6.07) is 21.8. The van der Waals surface area contributed by atoms with Gasteiger partial charge in [-0.25, -0.2) is 4.39 Å². The SMILES string of the molecule is Cl.NCC(CCCSc1ccc2ccccc2c1)c1ccc(F)cc1. The quantitative estimate of drug-likeness (QED) is 0.404. The molecule has 0 radical (unpaired) electrons. The Labute approximate surface area is 159 Å². The van der Waals surface area contributed by atoms with Crippen LogP contribution in [0.3, 0.4) is 0 Å². The molecule has 0 saturated heterocycles. The molecule has 0 fully saturated rings. The fourth-order valence-electron chi connectivity index (χ4n) is 2.93. The minimum Gasteiger partial charge on any atom is -0.330 e. The Hall–Kier alpha value is -1.55. The number of nitrogens with two attached hydrogens (primary N) is 1. The first-order valence-electron chi connectivity index (χ1n) is 8.33. The molecule has 25 heavy (non-hydrogen) atoms. The third-order valence-corrected chi connectivity index (χ3v) is 5.39. The lowest BCUT2D eigenvalue weighted by Gasteiger charge is -2.15. The number of hydrogen-bond acceptors (Lipinski definition) is 2. The lowest BCUT2D eigenvalue weighted by molar-refractivity contribution is 0.611. The molecule has 0 saturated carbocycles. The van der Waals surface area contributed by atoms with Crippen molar-refractivity contribution >= 4 is 34.9 Å². The molecule has 3 aromatic carbocycles. The molecule has 0 spiro atoms. The molecule has 0 aliphatic rings. The molecule has 3 aromatic rings. The first kappa shape index (κ1) is 19.8. The van der Waals surface area contributed by atoms with Gasteiger partial charge in [-0.15, -0.1) is 24.2 Å². The van der Waals surface area contributed by atoms with Crippen molar-refractivity contribution in [1.82, 2.24) is 0 Å². The molecular formula is C21H23ClFNS. The van der Waals surface area contributed by atoms with Gasteiger partial charge in [0.2, 0.25) is 0 Å². The van der Waals surface area contributed by atoms with Crippen LogP contribution in [0.15, 0.2) is 71.6 Å². The number of hydrogen-bond donors (Lipinski definition) is 1. The predicted octanol–water partition coefficient (Wildman–Crippen LogP) is 6.02. The average Bonchev–Trinajstić information content (AvgIpc) is 2.63. The van der Waals surface area contributed by atoms with Crippen molar-refractivity contribution in [2.24, 2.45) is 5.73 Å². The summed E-state index contributed by atoms with van der Waals surface area (Å²) in [5.74, 6) is 1.18. The molecule has 0 amide bonds. The van der Waals surface area contributed by atoms with Gasteiger partial charge in [0.05, 0.1) is 0 Å². The number of thioether (sulfide) groups is 1. The van der Waals surface area contributed by atoms with Crippen molar-refractivity contribution in [2.75, 3.05) is 12.3 Å². The van der Waals surface area contributed by atoms with Gasteiger partial charge in [-0.3, -0.25) is 0 Å². The van der Waals surface area contributed by atoms with Gasteiger partial charge in [-0.05, 0) is 71.7 Å². The second-order valence-electron chi connectivity index (χ2n) is 5.98. The van der Waals surface area contributed by atoms with Crippen LogP contribution in [-0.4, -0.2) is 12.3 Å². The third kappa shape index (κ3) is 5.46. The predicted molar refractivity (Wildman–Crippen MR) is 109 cm³/mol. The maximum Gasteiger partial charge on any atom is 0.123 e. The first-order chi connectivity index (χ1) is 11.8. The highest BCUT2D eigenvalue weighted by Gasteiger charge is 2.09. The summed E-state index contributed by atoms with van der Waals surface area (Å²) in [5, 5.41) is 2.56. The summed E-state index contributed by atoms with van der Waals surface area (Å²) in [6.07, 6.45) is 2.12. The molecule has 1 unspecified atom stereocenters.